The Morgan fingerprint density at radius 3 is 2.32 bits per heavy atom. The Hall–Kier alpha value is -1.83. The maximum atomic E-state index is 4.87. The van der Waals surface area contributed by atoms with Crippen molar-refractivity contribution in [1.82, 2.24) is 4.98 Å². The van der Waals surface area contributed by atoms with Crippen LogP contribution in [0, 0.1) is 26.2 Å². The zero-order chi connectivity index (χ0) is 17.4. The maximum absolute atomic E-state index is 4.87. The van der Waals surface area contributed by atoms with Crippen LogP contribution in [0.25, 0.3) is 11.3 Å². The average molecular weight is 335 g/mol. The van der Waals surface area contributed by atoms with Gasteiger partial charge in [0.15, 0.2) is 0 Å². The van der Waals surface area contributed by atoms with Gasteiger partial charge >= 0.3 is 0 Å². The smallest absolute Gasteiger partial charge is 0.0735 e. The molecule has 0 amide bonds. The highest BCUT2D eigenvalue weighted by atomic mass is 15.1. The molecule has 2 fully saturated rings. The number of rotatable bonds is 2. The molecular formula is C23H30N2. The van der Waals surface area contributed by atoms with Crippen molar-refractivity contribution < 1.29 is 0 Å². The van der Waals surface area contributed by atoms with Gasteiger partial charge in [-0.2, -0.15) is 0 Å². The molecule has 0 N–H and O–H groups in total. The molecule has 2 heterocycles. The van der Waals surface area contributed by atoms with Crippen LogP contribution in [0.15, 0.2) is 30.5 Å². The van der Waals surface area contributed by atoms with Gasteiger partial charge in [0.2, 0.25) is 0 Å². The number of aryl methyl sites for hydroxylation is 2. The minimum absolute atomic E-state index is 0.678. The Kier molecular flexibility index (Phi) is 4.31. The van der Waals surface area contributed by atoms with Crippen molar-refractivity contribution in [3.05, 3.63) is 47.2 Å². The van der Waals surface area contributed by atoms with Crippen LogP contribution >= 0.6 is 0 Å². The summed E-state index contributed by atoms with van der Waals surface area (Å²) in [4.78, 5) is 7.42. The Bertz CT molecular complexity index is 762. The molecule has 1 aliphatic carbocycles. The van der Waals surface area contributed by atoms with Crippen LogP contribution in [-0.2, 0) is 0 Å². The van der Waals surface area contributed by atoms with Crippen molar-refractivity contribution in [3.8, 4) is 11.3 Å². The van der Waals surface area contributed by atoms with Crippen LogP contribution in [0.4, 0.5) is 5.69 Å². The van der Waals surface area contributed by atoms with E-state index in [1.807, 2.05) is 0 Å². The van der Waals surface area contributed by atoms with Gasteiger partial charge in [0, 0.05) is 18.7 Å². The Morgan fingerprint density at radius 1 is 0.920 bits per heavy atom. The van der Waals surface area contributed by atoms with Gasteiger partial charge in [0.1, 0.15) is 0 Å². The fourth-order valence-corrected chi connectivity index (χ4v) is 4.89. The van der Waals surface area contributed by atoms with Gasteiger partial charge in [-0.25, -0.2) is 0 Å². The highest BCUT2D eigenvalue weighted by Crippen LogP contribution is 2.46. The first-order valence-electron chi connectivity index (χ1n) is 9.86. The van der Waals surface area contributed by atoms with Crippen molar-refractivity contribution in [2.75, 3.05) is 18.0 Å². The number of piperidine rings is 1. The van der Waals surface area contributed by atoms with E-state index in [-0.39, 0.29) is 0 Å². The molecule has 0 radical (unpaired) electrons. The largest absolute Gasteiger partial charge is 0.370 e. The number of hydrogen-bond acceptors (Lipinski definition) is 2. The molecule has 1 aromatic carbocycles. The first-order valence-corrected chi connectivity index (χ1v) is 9.86. The lowest BCUT2D eigenvalue weighted by Crippen LogP contribution is -2.38. The predicted molar refractivity (Wildman–Crippen MR) is 106 cm³/mol. The van der Waals surface area contributed by atoms with E-state index in [4.69, 9.17) is 4.98 Å². The van der Waals surface area contributed by atoms with Gasteiger partial charge in [-0.3, -0.25) is 4.98 Å². The normalized spacial score (nSPS) is 19.6. The minimum atomic E-state index is 0.678. The zero-order valence-electron chi connectivity index (χ0n) is 15.9. The second-order valence-corrected chi connectivity index (χ2v) is 8.30. The topological polar surface area (TPSA) is 16.1 Å². The van der Waals surface area contributed by atoms with Gasteiger partial charge in [-0.05, 0) is 74.6 Å². The summed E-state index contributed by atoms with van der Waals surface area (Å²) in [7, 11) is 0. The molecule has 1 spiro atoms. The second kappa shape index (κ2) is 6.48. The van der Waals surface area contributed by atoms with E-state index in [0.717, 1.165) is 5.69 Å². The fourth-order valence-electron chi connectivity index (χ4n) is 4.89. The van der Waals surface area contributed by atoms with E-state index in [9.17, 15) is 0 Å². The molecule has 132 valence electrons. The van der Waals surface area contributed by atoms with E-state index in [2.05, 4.69) is 56.1 Å². The van der Waals surface area contributed by atoms with Crippen molar-refractivity contribution in [2.45, 2.75) is 59.3 Å². The van der Waals surface area contributed by atoms with Crippen LogP contribution < -0.4 is 4.90 Å². The third-order valence-corrected chi connectivity index (χ3v) is 6.78. The van der Waals surface area contributed by atoms with Crippen LogP contribution in [0.3, 0.4) is 0 Å². The SMILES string of the molecule is Cc1cc(N2CCC3(CCCC3)CC2)cnc1-c1cccc(C)c1C. The summed E-state index contributed by atoms with van der Waals surface area (Å²) in [6.45, 7) is 8.98. The van der Waals surface area contributed by atoms with Gasteiger partial charge in [0.25, 0.3) is 0 Å². The fraction of sp³-hybridized carbons (Fsp3) is 0.522. The average Bonchev–Trinajstić information content (AvgIpc) is 3.06. The molecule has 4 rings (SSSR count). The predicted octanol–water partition coefficient (Wildman–Crippen LogP) is 5.83. The lowest BCUT2D eigenvalue weighted by molar-refractivity contribution is 0.226. The van der Waals surface area contributed by atoms with Gasteiger partial charge in [-0.1, -0.05) is 31.0 Å². The second-order valence-electron chi connectivity index (χ2n) is 8.30. The molecule has 2 aliphatic rings. The van der Waals surface area contributed by atoms with E-state index < -0.39 is 0 Å². The van der Waals surface area contributed by atoms with Crippen LogP contribution in [0.1, 0.15) is 55.2 Å². The number of anilines is 1. The number of pyridine rings is 1. The first kappa shape index (κ1) is 16.6. The highest BCUT2D eigenvalue weighted by Gasteiger charge is 2.36. The molecule has 0 unspecified atom stereocenters. The monoisotopic (exact) mass is 334 g/mol. The van der Waals surface area contributed by atoms with E-state index >= 15 is 0 Å². The van der Waals surface area contributed by atoms with Crippen molar-refractivity contribution in [2.24, 2.45) is 5.41 Å². The highest BCUT2D eigenvalue weighted by molar-refractivity contribution is 5.69. The van der Waals surface area contributed by atoms with E-state index in [1.54, 1.807) is 0 Å². The molecule has 2 nitrogen and oxygen atoms in total. The summed E-state index contributed by atoms with van der Waals surface area (Å²) in [5.74, 6) is 0. The third kappa shape index (κ3) is 3.07. The van der Waals surface area contributed by atoms with Crippen LogP contribution in [-0.4, -0.2) is 18.1 Å². The Labute approximate surface area is 152 Å². The van der Waals surface area contributed by atoms with Crippen LogP contribution in [0.5, 0.6) is 0 Å². The molecule has 2 heteroatoms. The summed E-state index contributed by atoms with van der Waals surface area (Å²) in [5, 5.41) is 0. The summed E-state index contributed by atoms with van der Waals surface area (Å²) in [5.41, 5.74) is 8.35. The Balaban J connectivity index is 1.55. The molecule has 1 aliphatic heterocycles. The van der Waals surface area contributed by atoms with Crippen molar-refractivity contribution in [1.29, 1.82) is 0 Å². The Morgan fingerprint density at radius 2 is 1.64 bits per heavy atom. The lowest BCUT2D eigenvalue weighted by atomic mass is 9.77. The quantitative estimate of drug-likeness (QED) is 0.686. The zero-order valence-corrected chi connectivity index (χ0v) is 15.9. The van der Waals surface area contributed by atoms with Gasteiger partial charge < -0.3 is 4.90 Å². The summed E-state index contributed by atoms with van der Waals surface area (Å²) in [6, 6.07) is 8.85. The maximum Gasteiger partial charge on any atom is 0.0735 e. The summed E-state index contributed by atoms with van der Waals surface area (Å²) < 4.78 is 0. The number of benzene rings is 1. The molecular weight excluding hydrogens is 304 g/mol. The molecule has 1 saturated carbocycles. The lowest BCUT2D eigenvalue weighted by Gasteiger charge is -2.40. The number of aromatic nitrogens is 1. The van der Waals surface area contributed by atoms with E-state index in [0.29, 0.717) is 5.41 Å². The minimum Gasteiger partial charge on any atom is -0.370 e. The molecule has 1 aromatic heterocycles. The standard InChI is InChI=1S/C23H30N2/c1-17-7-6-8-21(19(17)3)22-18(2)15-20(16-24-22)25-13-11-23(12-14-25)9-4-5-10-23/h6-8,15-16H,4-5,9-14H2,1-3H3. The van der Waals surface area contributed by atoms with Crippen molar-refractivity contribution >= 4 is 5.69 Å². The van der Waals surface area contributed by atoms with Crippen LogP contribution in [0.2, 0.25) is 0 Å². The summed E-state index contributed by atoms with van der Waals surface area (Å²) >= 11 is 0. The number of nitrogens with zero attached hydrogens (tertiary/aromatic N) is 2. The number of hydrogen-bond donors (Lipinski definition) is 0. The molecule has 0 bridgehead atoms. The molecule has 1 saturated heterocycles. The summed E-state index contributed by atoms with van der Waals surface area (Å²) in [6.07, 6.45) is 10.6. The van der Waals surface area contributed by atoms with Gasteiger partial charge in [-0.15, -0.1) is 0 Å². The van der Waals surface area contributed by atoms with Crippen molar-refractivity contribution in [3.63, 3.8) is 0 Å². The molecule has 2 aromatic rings. The molecule has 0 atom stereocenters. The molecule has 25 heavy (non-hydrogen) atoms. The first-order chi connectivity index (χ1) is 12.1. The van der Waals surface area contributed by atoms with Gasteiger partial charge in [0.05, 0.1) is 17.6 Å². The van der Waals surface area contributed by atoms with E-state index in [1.165, 1.54) is 79.6 Å². The third-order valence-electron chi connectivity index (χ3n) is 6.78.